The Balaban J connectivity index is 1.24. The van der Waals surface area contributed by atoms with E-state index in [0.717, 1.165) is 50.7 Å². The van der Waals surface area contributed by atoms with Gasteiger partial charge in [-0.15, -0.1) is 0 Å². The molecule has 1 unspecified atom stereocenters. The summed E-state index contributed by atoms with van der Waals surface area (Å²) in [6.45, 7) is 2.28. The van der Waals surface area contributed by atoms with Gasteiger partial charge >= 0.3 is 0 Å². The first-order chi connectivity index (χ1) is 23.7. The summed E-state index contributed by atoms with van der Waals surface area (Å²) in [4.78, 5) is 5.56. The number of allylic oxidation sites excluding steroid dienone is 1. The lowest BCUT2D eigenvalue weighted by Gasteiger charge is -2.17. The minimum atomic E-state index is 0.441. The third kappa shape index (κ3) is 2.91. The third-order valence-electron chi connectivity index (χ3n) is 11.0. The van der Waals surface area contributed by atoms with Crippen LogP contribution in [0.15, 0.2) is 126 Å². The topological polar surface area (TPSA) is 35.4 Å². The van der Waals surface area contributed by atoms with E-state index in [1.165, 1.54) is 66.1 Å². The van der Waals surface area contributed by atoms with E-state index in [9.17, 15) is 0 Å². The summed E-state index contributed by atoms with van der Waals surface area (Å²) in [5.74, 6) is 0.441. The lowest BCUT2D eigenvalue weighted by molar-refractivity contribution is 0.646. The first kappa shape index (κ1) is 25.0. The van der Waals surface area contributed by atoms with Crippen molar-refractivity contribution >= 4 is 77.4 Å². The standard InChI is InChI=1S/C44H27N3O/c1-24-17-18-29-33(23-24)43-42(32-12-5-7-16-38(32)48-43)47-37-22-21-36-40(41(37)45-44(29)47)31-11-4-6-15-34(31)46(36)35-20-19-28-26-10-3-2-9-25(26)27-13-8-14-30(35)39(27)28/h2-22,24H,23H2,1H3. The van der Waals surface area contributed by atoms with E-state index in [1.54, 1.807) is 0 Å². The number of furan rings is 1. The monoisotopic (exact) mass is 613 g/mol. The average Bonchev–Trinajstić information content (AvgIpc) is 3.87. The molecule has 4 aromatic heterocycles. The van der Waals surface area contributed by atoms with Crippen molar-refractivity contribution in [2.45, 2.75) is 13.3 Å². The minimum Gasteiger partial charge on any atom is -0.454 e. The molecule has 0 amide bonds. The lowest BCUT2D eigenvalue weighted by atomic mass is 9.91. The normalized spacial score (nSPS) is 15.2. The Morgan fingerprint density at radius 1 is 0.646 bits per heavy atom. The third-order valence-corrected chi connectivity index (χ3v) is 11.0. The van der Waals surface area contributed by atoms with Gasteiger partial charge in [0.1, 0.15) is 16.7 Å². The quantitative estimate of drug-likeness (QED) is 0.185. The van der Waals surface area contributed by atoms with Crippen LogP contribution in [-0.2, 0) is 6.42 Å². The van der Waals surface area contributed by atoms with Crippen LogP contribution in [0.2, 0.25) is 0 Å². The first-order valence-electron chi connectivity index (χ1n) is 16.8. The zero-order chi connectivity index (χ0) is 31.2. The number of rotatable bonds is 1. The number of benzene rings is 6. The highest BCUT2D eigenvalue weighted by molar-refractivity contribution is 6.23. The van der Waals surface area contributed by atoms with Crippen LogP contribution in [0.5, 0.6) is 0 Å². The van der Waals surface area contributed by atoms with Gasteiger partial charge in [-0.1, -0.05) is 97.9 Å². The SMILES string of the molecule is CC1C=Cc2c(c3oc4ccccc4c3n3c2nc2c4c5ccccc5n(-c5ccc6c7c(cccc57)-c5ccccc5-6)c4ccc23)C1. The molecule has 0 aliphatic heterocycles. The molecule has 12 rings (SSSR count). The number of hydrogen-bond donors (Lipinski definition) is 0. The number of imidazole rings is 1. The molecular formula is C44H27N3O. The molecule has 0 spiro atoms. The molecule has 0 fully saturated rings. The molecule has 6 aromatic carbocycles. The predicted octanol–water partition coefficient (Wildman–Crippen LogP) is 11.5. The van der Waals surface area contributed by atoms with Gasteiger partial charge in [0.15, 0.2) is 5.58 Å². The van der Waals surface area contributed by atoms with Crippen molar-refractivity contribution in [1.29, 1.82) is 0 Å². The van der Waals surface area contributed by atoms with Crippen LogP contribution >= 0.6 is 0 Å². The molecule has 4 heterocycles. The number of fused-ring (bicyclic) bond motifs is 17. The largest absolute Gasteiger partial charge is 0.454 e. The van der Waals surface area contributed by atoms with Gasteiger partial charge in [-0.2, -0.15) is 0 Å². The smallest absolute Gasteiger partial charge is 0.156 e. The molecule has 48 heavy (non-hydrogen) atoms. The molecule has 1 atom stereocenters. The van der Waals surface area contributed by atoms with Gasteiger partial charge in [0, 0.05) is 32.7 Å². The first-order valence-corrected chi connectivity index (χ1v) is 16.8. The van der Waals surface area contributed by atoms with Crippen molar-refractivity contribution in [3.8, 4) is 27.9 Å². The molecule has 0 bridgehead atoms. The maximum atomic E-state index is 6.65. The molecule has 2 aliphatic carbocycles. The van der Waals surface area contributed by atoms with Crippen molar-refractivity contribution in [3.05, 3.63) is 132 Å². The van der Waals surface area contributed by atoms with E-state index < -0.39 is 0 Å². The van der Waals surface area contributed by atoms with Gasteiger partial charge in [0.05, 0.1) is 27.8 Å². The summed E-state index contributed by atoms with van der Waals surface area (Å²) in [6, 6.07) is 42.0. The predicted molar refractivity (Wildman–Crippen MR) is 198 cm³/mol. The Bertz CT molecular complexity index is 3080. The lowest BCUT2D eigenvalue weighted by Crippen LogP contribution is -2.06. The maximum absolute atomic E-state index is 6.65. The molecule has 0 N–H and O–H groups in total. The molecule has 10 aromatic rings. The van der Waals surface area contributed by atoms with Crippen LogP contribution in [0, 0.1) is 5.92 Å². The van der Waals surface area contributed by atoms with E-state index in [-0.39, 0.29) is 0 Å². The van der Waals surface area contributed by atoms with Gasteiger partial charge in [-0.25, -0.2) is 4.98 Å². The fraction of sp³-hybridized carbons (Fsp3) is 0.0682. The fourth-order valence-electron chi connectivity index (χ4n) is 8.99. The summed E-state index contributed by atoms with van der Waals surface area (Å²) in [5, 5.41) is 6.11. The Hall–Kier alpha value is -6.13. The summed E-state index contributed by atoms with van der Waals surface area (Å²) >= 11 is 0. The summed E-state index contributed by atoms with van der Waals surface area (Å²) in [5.41, 5.74) is 17.3. The molecule has 2 aliphatic rings. The number of para-hydroxylation sites is 2. The van der Waals surface area contributed by atoms with Crippen LogP contribution in [-0.4, -0.2) is 14.0 Å². The van der Waals surface area contributed by atoms with E-state index in [2.05, 4.69) is 143 Å². The molecule has 0 saturated heterocycles. The Morgan fingerprint density at radius 2 is 1.38 bits per heavy atom. The summed E-state index contributed by atoms with van der Waals surface area (Å²) in [7, 11) is 0. The van der Waals surface area contributed by atoms with Gasteiger partial charge in [-0.3, -0.25) is 4.40 Å². The van der Waals surface area contributed by atoms with E-state index >= 15 is 0 Å². The van der Waals surface area contributed by atoms with Crippen LogP contribution in [0.1, 0.15) is 18.1 Å². The number of aromatic nitrogens is 3. The second kappa shape index (κ2) is 8.61. The van der Waals surface area contributed by atoms with Gasteiger partial charge in [0.2, 0.25) is 0 Å². The zero-order valence-electron chi connectivity index (χ0n) is 26.2. The van der Waals surface area contributed by atoms with Gasteiger partial charge in [0.25, 0.3) is 0 Å². The van der Waals surface area contributed by atoms with E-state index in [1.807, 2.05) is 0 Å². The average molecular weight is 614 g/mol. The summed E-state index contributed by atoms with van der Waals surface area (Å²) < 4.78 is 11.5. The zero-order valence-corrected chi connectivity index (χ0v) is 26.2. The highest BCUT2D eigenvalue weighted by Gasteiger charge is 2.28. The minimum absolute atomic E-state index is 0.441. The van der Waals surface area contributed by atoms with Crippen LogP contribution in [0.3, 0.4) is 0 Å². The van der Waals surface area contributed by atoms with Gasteiger partial charge in [-0.05, 0) is 76.4 Å². The van der Waals surface area contributed by atoms with Crippen molar-refractivity contribution < 1.29 is 4.42 Å². The number of nitrogens with zero attached hydrogens (tertiary/aromatic N) is 3. The molecule has 224 valence electrons. The molecule has 4 nitrogen and oxygen atoms in total. The van der Waals surface area contributed by atoms with Crippen molar-refractivity contribution in [2.24, 2.45) is 5.92 Å². The molecule has 0 saturated carbocycles. The molecule has 4 heteroatoms. The van der Waals surface area contributed by atoms with Crippen LogP contribution in [0.4, 0.5) is 0 Å². The van der Waals surface area contributed by atoms with Gasteiger partial charge < -0.3 is 8.98 Å². The highest BCUT2D eigenvalue weighted by atomic mass is 16.3. The van der Waals surface area contributed by atoms with Crippen molar-refractivity contribution in [3.63, 3.8) is 0 Å². The maximum Gasteiger partial charge on any atom is 0.156 e. The second-order valence-corrected chi connectivity index (χ2v) is 13.6. The fourth-order valence-corrected chi connectivity index (χ4v) is 8.99. The van der Waals surface area contributed by atoms with E-state index in [0.29, 0.717) is 5.92 Å². The van der Waals surface area contributed by atoms with E-state index in [4.69, 9.17) is 9.40 Å². The number of hydrogen-bond acceptors (Lipinski definition) is 2. The van der Waals surface area contributed by atoms with Crippen LogP contribution in [0.25, 0.3) is 105 Å². The Labute approximate surface area is 274 Å². The Morgan fingerprint density at radius 3 is 2.27 bits per heavy atom. The van der Waals surface area contributed by atoms with Crippen LogP contribution < -0.4 is 0 Å². The highest BCUT2D eigenvalue weighted by Crippen LogP contribution is 2.49. The van der Waals surface area contributed by atoms with Crippen molar-refractivity contribution in [2.75, 3.05) is 0 Å². The summed E-state index contributed by atoms with van der Waals surface area (Å²) in [6.07, 6.45) is 5.51. The Kier molecular flexibility index (Phi) is 4.49. The molecule has 0 radical (unpaired) electrons. The van der Waals surface area contributed by atoms with Crippen molar-refractivity contribution in [1.82, 2.24) is 14.0 Å². The molecular weight excluding hydrogens is 587 g/mol. The second-order valence-electron chi connectivity index (χ2n) is 13.6. The number of pyridine rings is 1.